The topological polar surface area (TPSA) is 83.7 Å². The van der Waals surface area contributed by atoms with Gasteiger partial charge in [-0.15, -0.1) is 0 Å². The molecule has 1 aliphatic heterocycles. The Kier molecular flexibility index (Phi) is 2.74. The largest absolute Gasteiger partial charge is 0.399 e. The van der Waals surface area contributed by atoms with Crippen LogP contribution in [0.15, 0.2) is 18.2 Å². The highest BCUT2D eigenvalue weighted by molar-refractivity contribution is 6.44. The zero-order valence-electron chi connectivity index (χ0n) is 9.51. The molecule has 0 spiro atoms. The first-order valence-corrected chi connectivity index (χ1v) is 5.09. The average molecular weight is 251 g/mol. The van der Waals surface area contributed by atoms with Crippen molar-refractivity contribution in [3.8, 4) is 0 Å². The van der Waals surface area contributed by atoms with E-state index in [0.717, 1.165) is 6.07 Å². The van der Waals surface area contributed by atoms with E-state index >= 15 is 0 Å². The van der Waals surface area contributed by atoms with Gasteiger partial charge < -0.3 is 5.73 Å². The number of benzene rings is 1. The number of nitrogen functional groups attached to an aromatic ring is 1. The van der Waals surface area contributed by atoms with Gasteiger partial charge in [0.15, 0.2) is 0 Å². The molecule has 0 saturated carbocycles. The van der Waals surface area contributed by atoms with E-state index in [-0.39, 0.29) is 17.8 Å². The van der Waals surface area contributed by atoms with Crippen LogP contribution in [-0.4, -0.2) is 34.7 Å². The van der Waals surface area contributed by atoms with Crippen LogP contribution in [0.1, 0.15) is 5.56 Å². The number of halogens is 1. The number of urea groups is 1. The molecule has 0 aromatic heterocycles. The number of anilines is 1. The third-order valence-electron chi connectivity index (χ3n) is 2.66. The predicted octanol–water partition coefficient (Wildman–Crippen LogP) is 0.328. The highest BCUT2D eigenvalue weighted by Gasteiger charge is 2.42. The van der Waals surface area contributed by atoms with Gasteiger partial charge >= 0.3 is 17.8 Å². The summed E-state index contributed by atoms with van der Waals surface area (Å²) in [7, 11) is 1.20. The summed E-state index contributed by atoms with van der Waals surface area (Å²) in [6.45, 7) is -0.292. The molecule has 2 N–H and O–H groups in total. The minimum atomic E-state index is -0.960. The smallest absolute Gasteiger partial charge is 0.334 e. The van der Waals surface area contributed by atoms with Gasteiger partial charge in [-0.2, -0.15) is 0 Å². The molecule has 0 radical (unpaired) electrons. The lowest BCUT2D eigenvalue weighted by molar-refractivity contribution is -0.143. The van der Waals surface area contributed by atoms with E-state index in [1.54, 1.807) is 0 Å². The van der Waals surface area contributed by atoms with E-state index in [1.165, 1.54) is 19.2 Å². The second-order valence-corrected chi connectivity index (χ2v) is 3.89. The summed E-state index contributed by atoms with van der Waals surface area (Å²) in [5, 5.41) is 0. The minimum absolute atomic E-state index is 0.119. The van der Waals surface area contributed by atoms with Crippen molar-refractivity contribution in [2.75, 3.05) is 12.8 Å². The Labute approximate surface area is 102 Å². The Balaban J connectivity index is 2.27. The lowest BCUT2D eigenvalue weighted by Gasteiger charge is -2.13. The number of imide groups is 2. The van der Waals surface area contributed by atoms with E-state index in [2.05, 4.69) is 0 Å². The van der Waals surface area contributed by atoms with Crippen LogP contribution >= 0.6 is 0 Å². The van der Waals surface area contributed by atoms with Crippen molar-refractivity contribution >= 4 is 23.5 Å². The molecular weight excluding hydrogens is 241 g/mol. The third-order valence-corrected chi connectivity index (χ3v) is 2.66. The summed E-state index contributed by atoms with van der Waals surface area (Å²) in [4.78, 5) is 35.7. The molecule has 94 valence electrons. The van der Waals surface area contributed by atoms with Crippen LogP contribution in [0.3, 0.4) is 0 Å². The number of carbonyl (C=O) groups excluding carboxylic acids is 3. The van der Waals surface area contributed by atoms with Gasteiger partial charge in [0.25, 0.3) is 0 Å². The lowest BCUT2D eigenvalue weighted by atomic mass is 10.2. The molecule has 0 aliphatic carbocycles. The second kappa shape index (κ2) is 4.10. The number of rotatable bonds is 2. The van der Waals surface area contributed by atoms with E-state index in [0.29, 0.717) is 9.80 Å². The lowest BCUT2D eigenvalue weighted by Crippen LogP contribution is -2.31. The number of amides is 4. The predicted molar refractivity (Wildman–Crippen MR) is 59.5 cm³/mol. The molecule has 1 fully saturated rings. The van der Waals surface area contributed by atoms with Crippen molar-refractivity contribution in [2.24, 2.45) is 0 Å². The van der Waals surface area contributed by atoms with Crippen molar-refractivity contribution in [1.29, 1.82) is 0 Å². The molecule has 1 heterocycles. The summed E-state index contributed by atoms with van der Waals surface area (Å²) < 4.78 is 13.5. The molecule has 0 unspecified atom stereocenters. The number of hydrogen-bond acceptors (Lipinski definition) is 4. The van der Waals surface area contributed by atoms with Crippen molar-refractivity contribution in [3.63, 3.8) is 0 Å². The number of nitrogens with zero attached hydrogens (tertiary/aromatic N) is 2. The van der Waals surface area contributed by atoms with Crippen molar-refractivity contribution in [3.05, 3.63) is 29.6 Å². The Bertz CT molecular complexity index is 558. The molecule has 18 heavy (non-hydrogen) atoms. The van der Waals surface area contributed by atoms with E-state index in [1.807, 2.05) is 0 Å². The van der Waals surface area contributed by atoms with Crippen molar-refractivity contribution < 1.29 is 18.8 Å². The molecule has 0 bridgehead atoms. The zero-order valence-corrected chi connectivity index (χ0v) is 9.51. The molecule has 1 aliphatic rings. The van der Waals surface area contributed by atoms with Crippen LogP contribution in [-0.2, 0) is 16.1 Å². The number of likely N-dealkylation sites (N-methyl/N-ethyl adjacent to an activating group) is 1. The standard InChI is InChI=1S/C11H10FN3O3/c1-14-9(16)10(17)15(11(14)18)5-6-2-3-7(13)4-8(6)12/h2-4H,5,13H2,1H3. The maximum absolute atomic E-state index is 13.5. The highest BCUT2D eigenvalue weighted by Crippen LogP contribution is 2.18. The first-order valence-electron chi connectivity index (χ1n) is 5.09. The second-order valence-electron chi connectivity index (χ2n) is 3.89. The molecule has 2 rings (SSSR count). The summed E-state index contributed by atoms with van der Waals surface area (Å²) >= 11 is 0. The summed E-state index contributed by atoms with van der Waals surface area (Å²) in [6, 6.07) is 3.15. The average Bonchev–Trinajstić information content (AvgIpc) is 2.50. The van der Waals surface area contributed by atoms with Crippen LogP contribution in [0.4, 0.5) is 14.9 Å². The maximum atomic E-state index is 13.5. The third kappa shape index (κ3) is 1.79. The van der Waals surface area contributed by atoms with Gasteiger partial charge in [0.2, 0.25) is 0 Å². The minimum Gasteiger partial charge on any atom is -0.399 e. The molecular formula is C11H10FN3O3. The summed E-state index contributed by atoms with van der Waals surface area (Å²) in [6.07, 6.45) is 0. The molecule has 1 aromatic carbocycles. The fraction of sp³-hybridized carbons (Fsp3) is 0.182. The molecule has 0 atom stereocenters. The van der Waals surface area contributed by atoms with Crippen LogP contribution in [0.2, 0.25) is 0 Å². The van der Waals surface area contributed by atoms with Crippen molar-refractivity contribution in [1.82, 2.24) is 9.80 Å². The first kappa shape index (κ1) is 12.0. The van der Waals surface area contributed by atoms with Crippen LogP contribution in [0.5, 0.6) is 0 Å². The van der Waals surface area contributed by atoms with Crippen LogP contribution in [0, 0.1) is 5.82 Å². The molecule has 4 amide bonds. The Hall–Kier alpha value is -2.44. The fourth-order valence-corrected chi connectivity index (χ4v) is 1.62. The van der Waals surface area contributed by atoms with Crippen LogP contribution < -0.4 is 5.73 Å². The maximum Gasteiger partial charge on any atom is 0.334 e. The van der Waals surface area contributed by atoms with Gasteiger partial charge in [-0.05, 0) is 12.1 Å². The SMILES string of the molecule is CN1C(=O)C(=O)N(Cc2ccc(N)cc2F)C1=O. The molecule has 7 heteroatoms. The molecule has 6 nitrogen and oxygen atoms in total. The Morgan fingerprint density at radius 3 is 2.39 bits per heavy atom. The van der Waals surface area contributed by atoms with Gasteiger partial charge in [-0.3, -0.25) is 19.4 Å². The Morgan fingerprint density at radius 1 is 1.22 bits per heavy atom. The van der Waals surface area contributed by atoms with Crippen molar-refractivity contribution in [2.45, 2.75) is 6.54 Å². The summed E-state index contributed by atoms with van der Waals surface area (Å²) in [5.41, 5.74) is 5.74. The summed E-state index contributed by atoms with van der Waals surface area (Å²) in [5.74, 6) is -2.51. The first-order chi connectivity index (χ1) is 8.41. The highest BCUT2D eigenvalue weighted by atomic mass is 19.1. The number of hydrogen-bond donors (Lipinski definition) is 1. The van der Waals surface area contributed by atoms with Gasteiger partial charge in [-0.25, -0.2) is 9.18 Å². The van der Waals surface area contributed by atoms with Gasteiger partial charge in [-0.1, -0.05) is 6.07 Å². The quantitative estimate of drug-likeness (QED) is 0.466. The number of carbonyl (C=O) groups is 3. The van der Waals surface area contributed by atoms with Gasteiger partial charge in [0, 0.05) is 18.3 Å². The van der Waals surface area contributed by atoms with Gasteiger partial charge in [0.05, 0.1) is 6.54 Å². The molecule has 1 aromatic rings. The monoisotopic (exact) mass is 251 g/mol. The van der Waals surface area contributed by atoms with E-state index < -0.39 is 23.7 Å². The zero-order chi connectivity index (χ0) is 13.4. The normalized spacial score (nSPS) is 15.8. The Morgan fingerprint density at radius 2 is 1.89 bits per heavy atom. The van der Waals surface area contributed by atoms with E-state index in [9.17, 15) is 18.8 Å². The van der Waals surface area contributed by atoms with Gasteiger partial charge in [0.1, 0.15) is 5.82 Å². The molecule has 1 saturated heterocycles. The number of nitrogens with two attached hydrogens (primary N) is 1. The van der Waals surface area contributed by atoms with Crippen LogP contribution in [0.25, 0.3) is 0 Å². The fourth-order valence-electron chi connectivity index (χ4n) is 1.62. The van der Waals surface area contributed by atoms with E-state index in [4.69, 9.17) is 5.73 Å².